The Kier molecular flexibility index (Phi) is 6.49. The Bertz CT molecular complexity index is 1240. The molecule has 3 amide bonds. The number of imide groups is 1. The number of halogens is 1. The summed E-state index contributed by atoms with van der Waals surface area (Å²) in [6.45, 7) is 7.00. The van der Waals surface area contributed by atoms with Gasteiger partial charge in [0.25, 0.3) is 5.91 Å². The maximum atomic E-state index is 13.7. The summed E-state index contributed by atoms with van der Waals surface area (Å²) in [6, 6.07) is 12.2. The Morgan fingerprint density at radius 2 is 1.79 bits per heavy atom. The Morgan fingerprint density at radius 1 is 1.09 bits per heavy atom. The molecule has 1 aromatic heterocycles. The number of hydrogen-bond donors (Lipinski definition) is 3. The fraction of sp³-hybridized carbons (Fsp3) is 0.333. The highest BCUT2D eigenvalue weighted by Crippen LogP contribution is 2.36. The first-order valence-corrected chi connectivity index (χ1v) is 15.5. The van der Waals surface area contributed by atoms with Gasteiger partial charge in [0, 0.05) is 36.1 Å². The van der Waals surface area contributed by atoms with Crippen LogP contribution in [0, 0.1) is 0 Å². The van der Waals surface area contributed by atoms with Gasteiger partial charge in [0.1, 0.15) is 12.5 Å². The first-order chi connectivity index (χ1) is 16.0. The van der Waals surface area contributed by atoms with Crippen molar-refractivity contribution in [3.63, 3.8) is 0 Å². The highest BCUT2D eigenvalue weighted by Gasteiger charge is 2.53. The molecule has 1 saturated heterocycles. The lowest BCUT2D eigenvalue weighted by Gasteiger charge is -2.28. The summed E-state index contributed by atoms with van der Waals surface area (Å²) >= 11 is 3.41. The third kappa shape index (κ3) is 4.70. The number of fused-ring (bicyclic) bond motifs is 1. The number of hydrogen-bond acceptors (Lipinski definition) is 5. The largest absolute Gasteiger partial charge is 0.508 e. The van der Waals surface area contributed by atoms with Gasteiger partial charge in [-0.05, 0) is 41.9 Å². The number of aromatic nitrogens is 1. The Morgan fingerprint density at radius 3 is 2.47 bits per heavy atom. The molecule has 0 spiro atoms. The van der Waals surface area contributed by atoms with E-state index in [0.29, 0.717) is 22.9 Å². The molecule has 1 aliphatic heterocycles. The summed E-state index contributed by atoms with van der Waals surface area (Å²) < 4.78 is 8.05. The molecule has 0 aliphatic carbocycles. The van der Waals surface area contributed by atoms with Crippen molar-refractivity contribution in [1.29, 1.82) is 0 Å². The molecule has 0 saturated carbocycles. The standard InChI is InChI=1S/C24H28BrN3O5Si/c1-34(2,3)11-10-33-15-28-22(31)24(26-23(28)32,17-5-7-18(25)8-6-17)14-27-13-16-4-9-19(29)12-20(16)21(27)30/h4-9,12-13,29-30H,10-11,14-15H2,1-3H3,(H,26,32). The van der Waals surface area contributed by atoms with Crippen LogP contribution in [-0.2, 0) is 21.6 Å². The number of urea groups is 1. The van der Waals surface area contributed by atoms with Gasteiger partial charge in [0.05, 0.1) is 6.54 Å². The van der Waals surface area contributed by atoms with Gasteiger partial charge in [0.15, 0.2) is 11.4 Å². The molecular formula is C24H28BrN3O5Si. The van der Waals surface area contributed by atoms with E-state index in [-0.39, 0.29) is 24.9 Å². The van der Waals surface area contributed by atoms with E-state index in [0.717, 1.165) is 15.4 Å². The van der Waals surface area contributed by atoms with Gasteiger partial charge < -0.3 is 24.8 Å². The van der Waals surface area contributed by atoms with Crippen molar-refractivity contribution >= 4 is 46.7 Å². The van der Waals surface area contributed by atoms with Crippen molar-refractivity contribution in [2.45, 2.75) is 37.8 Å². The van der Waals surface area contributed by atoms with Gasteiger partial charge in [-0.3, -0.25) is 4.79 Å². The predicted molar refractivity (Wildman–Crippen MR) is 135 cm³/mol. The van der Waals surface area contributed by atoms with Gasteiger partial charge in [-0.2, -0.15) is 0 Å². The van der Waals surface area contributed by atoms with E-state index < -0.39 is 25.6 Å². The normalized spacial score (nSPS) is 18.6. The predicted octanol–water partition coefficient (Wildman–Crippen LogP) is 4.57. The van der Waals surface area contributed by atoms with Crippen LogP contribution in [0.5, 0.6) is 11.6 Å². The second-order valence-electron chi connectivity index (χ2n) is 9.78. The Balaban J connectivity index is 1.68. The zero-order valence-corrected chi connectivity index (χ0v) is 21.9. The zero-order chi connectivity index (χ0) is 24.7. The van der Waals surface area contributed by atoms with Crippen molar-refractivity contribution in [3.8, 4) is 11.6 Å². The molecule has 0 radical (unpaired) electrons. The highest BCUT2D eigenvalue weighted by molar-refractivity contribution is 9.10. The average Bonchev–Trinajstić information content (AvgIpc) is 3.19. The molecule has 2 aromatic carbocycles. The van der Waals surface area contributed by atoms with E-state index >= 15 is 0 Å². The number of carbonyl (C=O) groups is 2. The van der Waals surface area contributed by atoms with Crippen LogP contribution in [0.4, 0.5) is 4.79 Å². The van der Waals surface area contributed by atoms with E-state index in [1.807, 2.05) is 0 Å². The number of nitrogens with zero attached hydrogens (tertiary/aromatic N) is 2. The van der Waals surface area contributed by atoms with Gasteiger partial charge >= 0.3 is 6.03 Å². The summed E-state index contributed by atoms with van der Waals surface area (Å²) in [7, 11) is -1.31. The van der Waals surface area contributed by atoms with E-state index in [2.05, 4.69) is 40.9 Å². The number of carbonyl (C=O) groups excluding carboxylic acids is 2. The van der Waals surface area contributed by atoms with Crippen LogP contribution >= 0.6 is 15.9 Å². The molecule has 1 atom stereocenters. The molecule has 2 heterocycles. The monoisotopic (exact) mass is 545 g/mol. The maximum Gasteiger partial charge on any atom is 0.327 e. The zero-order valence-electron chi connectivity index (χ0n) is 19.3. The Hall–Kier alpha value is -2.82. The van der Waals surface area contributed by atoms with Crippen molar-refractivity contribution in [3.05, 3.63) is 58.7 Å². The number of benzene rings is 2. The number of rotatable bonds is 8. The first-order valence-electron chi connectivity index (χ1n) is 11.0. The molecule has 1 aliphatic rings. The molecule has 3 aromatic rings. The lowest BCUT2D eigenvalue weighted by Crippen LogP contribution is -2.47. The van der Waals surface area contributed by atoms with Crippen LogP contribution in [0.2, 0.25) is 25.7 Å². The number of aromatic hydroxyl groups is 2. The fourth-order valence-electron chi connectivity index (χ4n) is 4.02. The summed E-state index contributed by atoms with van der Waals surface area (Å²) in [6.07, 6.45) is 1.69. The fourth-order valence-corrected chi connectivity index (χ4v) is 5.04. The summed E-state index contributed by atoms with van der Waals surface area (Å²) in [4.78, 5) is 27.7. The molecular weight excluding hydrogens is 518 g/mol. The summed E-state index contributed by atoms with van der Waals surface area (Å²) in [5.74, 6) is -0.530. The molecule has 8 nitrogen and oxygen atoms in total. The average molecular weight is 546 g/mol. The first kappa shape index (κ1) is 24.3. The van der Waals surface area contributed by atoms with Crippen LogP contribution in [0.3, 0.4) is 0 Å². The molecule has 0 bridgehead atoms. The van der Waals surface area contributed by atoms with Gasteiger partial charge in [-0.1, -0.05) is 47.7 Å². The third-order valence-corrected chi connectivity index (χ3v) is 8.21. The van der Waals surface area contributed by atoms with Crippen LogP contribution in [-0.4, -0.2) is 53.0 Å². The minimum Gasteiger partial charge on any atom is -0.508 e. The number of amides is 3. The van der Waals surface area contributed by atoms with E-state index in [1.165, 1.54) is 16.7 Å². The molecule has 1 fully saturated rings. The Labute approximate surface area is 207 Å². The van der Waals surface area contributed by atoms with E-state index in [9.17, 15) is 19.8 Å². The quantitative estimate of drug-likeness (QED) is 0.218. The second-order valence-corrected chi connectivity index (χ2v) is 16.3. The number of ether oxygens (including phenoxy) is 1. The molecule has 34 heavy (non-hydrogen) atoms. The van der Waals surface area contributed by atoms with Crippen LogP contribution < -0.4 is 5.32 Å². The number of phenols is 1. The highest BCUT2D eigenvalue weighted by atomic mass is 79.9. The third-order valence-electron chi connectivity index (χ3n) is 5.98. The van der Waals surface area contributed by atoms with Crippen LogP contribution in [0.25, 0.3) is 10.8 Å². The van der Waals surface area contributed by atoms with Crippen molar-refractivity contribution < 1.29 is 24.5 Å². The van der Waals surface area contributed by atoms with Gasteiger partial charge in [0.2, 0.25) is 0 Å². The molecule has 4 rings (SSSR count). The summed E-state index contributed by atoms with van der Waals surface area (Å²) in [5.41, 5.74) is -0.854. The van der Waals surface area contributed by atoms with Crippen molar-refractivity contribution in [1.82, 2.24) is 14.8 Å². The van der Waals surface area contributed by atoms with Crippen LogP contribution in [0.1, 0.15) is 5.56 Å². The SMILES string of the molecule is C[Si](C)(C)CCOCN1C(=O)NC(Cn2cc3ccc(O)cc3c2O)(c2ccc(Br)cc2)C1=O. The van der Waals surface area contributed by atoms with E-state index in [4.69, 9.17) is 4.74 Å². The minimum absolute atomic E-state index is 0.0232. The molecule has 10 heteroatoms. The van der Waals surface area contributed by atoms with Crippen molar-refractivity contribution in [2.24, 2.45) is 0 Å². The van der Waals surface area contributed by atoms with Gasteiger partial charge in [-0.15, -0.1) is 0 Å². The second kappa shape index (κ2) is 9.08. The minimum atomic E-state index is -1.44. The smallest absolute Gasteiger partial charge is 0.327 e. The number of phenolic OH excluding ortho intramolecular Hbond substituents is 1. The lowest BCUT2D eigenvalue weighted by atomic mass is 9.89. The maximum absolute atomic E-state index is 13.7. The van der Waals surface area contributed by atoms with Crippen LogP contribution in [0.15, 0.2) is 53.1 Å². The number of nitrogens with one attached hydrogen (secondary N) is 1. The molecule has 1 unspecified atom stereocenters. The molecule has 180 valence electrons. The molecule has 3 N–H and O–H groups in total. The summed E-state index contributed by atoms with van der Waals surface area (Å²) in [5, 5.41) is 24.7. The van der Waals surface area contributed by atoms with E-state index in [1.54, 1.807) is 36.5 Å². The van der Waals surface area contributed by atoms with Crippen molar-refractivity contribution in [2.75, 3.05) is 13.3 Å². The van der Waals surface area contributed by atoms with Gasteiger partial charge in [-0.25, -0.2) is 9.69 Å². The topological polar surface area (TPSA) is 104 Å². The lowest BCUT2D eigenvalue weighted by molar-refractivity contribution is -0.135.